The third-order valence-corrected chi connectivity index (χ3v) is 6.69. The average Bonchev–Trinajstić information content (AvgIpc) is 3.41. The maximum atomic E-state index is 12.2. The summed E-state index contributed by atoms with van der Waals surface area (Å²) in [6.07, 6.45) is 0.905. The lowest BCUT2D eigenvalue weighted by Crippen LogP contribution is -2.12. The van der Waals surface area contributed by atoms with Gasteiger partial charge in [0.1, 0.15) is 33.1 Å². The monoisotopic (exact) mass is 502 g/mol. The molecule has 0 fully saturated rings. The highest BCUT2D eigenvalue weighted by atomic mass is 35.5. The molecule has 0 aliphatic carbocycles. The number of thiophene rings is 1. The van der Waals surface area contributed by atoms with Gasteiger partial charge in [-0.3, -0.25) is 19.5 Å². The Morgan fingerprint density at radius 1 is 1.21 bits per heavy atom. The molecule has 176 valence electrons. The molecule has 2 N–H and O–H groups in total. The van der Waals surface area contributed by atoms with Gasteiger partial charge in [0.15, 0.2) is 11.5 Å². The van der Waals surface area contributed by atoms with E-state index >= 15 is 0 Å². The quantitative estimate of drug-likeness (QED) is 0.267. The summed E-state index contributed by atoms with van der Waals surface area (Å²) in [5.74, 6) is 0.613. The van der Waals surface area contributed by atoms with E-state index in [0.29, 0.717) is 27.6 Å². The molecule has 0 spiro atoms. The summed E-state index contributed by atoms with van der Waals surface area (Å²) >= 11 is 7.35. The van der Waals surface area contributed by atoms with Gasteiger partial charge in [-0.05, 0) is 6.92 Å². The number of fused-ring (bicyclic) bond motifs is 1. The standard InChI is InChI=1S/C22H19ClN4O6S/c1-11(12-5-4-6-14(20(12)23)27(29)30)33-18-9-19(34-21(18)22(24)28)26-10-25-13-7-16(31-2)17(32-3)8-15(13)26/h4-11H,1-3H3,(H2,24,28)/t11-/m1/s1. The fraction of sp³-hybridized carbons (Fsp3) is 0.182. The Morgan fingerprint density at radius 3 is 2.56 bits per heavy atom. The molecule has 4 rings (SSSR count). The summed E-state index contributed by atoms with van der Waals surface area (Å²) in [6.45, 7) is 1.68. The van der Waals surface area contributed by atoms with Crippen molar-refractivity contribution in [2.45, 2.75) is 13.0 Å². The highest BCUT2D eigenvalue weighted by molar-refractivity contribution is 7.16. The van der Waals surface area contributed by atoms with E-state index < -0.39 is 16.9 Å². The lowest BCUT2D eigenvalue weighted by atomic mass is 10.1. The minimum Gasteiger partial charge on any atom is -0.493 e. The average molecular weight is 503 g/mol. The molecule has 2 heterocycles. The van der Waals surface area contributed by atoms with E-state index in [0.717, 1.165) is 16.9 Å². The molecular weight excluding hydrogens is 484 g/mol. The number of halogens is 1. The van der Waals surface area contributed by atoms with Crippen LogP contribution in [0.5, 0.6) is 17.2 Å². The second-order valence-corrected chi connectivity index (χ2v) is 8.56. The van der Waals surface area contributed by atoms with Crippen molar-refractivity contribution in [1.29, 1.82) is 0 Å². The normalized spacial score (nSPS) is 11.9. The third kappa shape index (κ3) is 4.11. The van der Waals surface area contributed by atoms with Crippen LogP contribution in [-0.4, -0.2) is 34.6 Å². The van der Waals surface area contributed by atoms with Crippen molar-refractivity contribution in [2.24, 2.45) is 5.73 Å². The molecule has 1 amide bonds. The van der Waals surface area contributed by atoms with Crippen LogP contribution in [-0.2, 0) is 0 Å². The van der Waals surface area contributed by atoms with Gasteiger partial charge in [-0.2, -0.15) is 0 Å². The molecular formula is C22H19ClN4O6S. The summed E-state index contributed by atoms with van der Waals surface area (Å²) in [6, 6.07) is 9.63. The summed E-state index contributed by atoms with van der Waals surface area (Å²) in [5.41, 5.74) is 7.15. The van der Waals surface area contributed by atoms with Crippen LogP contribution in [0.2, 0.25) is 5.02 Å². The molecule has 0 unspecified atom stereocenters. The zero-order valence-corrected chi connectivity index (χ0v) is 19.8. The van der Waals surface area contributed by atoms with Gasteiger partial charge in [-0.1, -0.05) is 23.7 Å². The summed E-state index contributed by atoms with van der Waals surface area (Å²) in [5, 5.41) is 11.8. The molecule has 0 aliphatic rings. The van der Waals surface area contributed by atoms with Crippen LogP contribution in [0.3, 0.4) is 0 Å². The first kappa shape index (κ1) is 23.3. The summed E-state index contributed by atoms with van der Waals surface area (Å²) in [4.78, 5) is 27.4. The number of nitrogens with two attached hydrogens (primary N) is 1. The van der Waals surface area contributed by atoms with Crippen LogP contribution in [0, 0.1) is 10.1 Å². The van der Waals surface area contributed by atoms with Crippen molar-refractivity contribution < 1.29 is 23.9 Å². The molecule has 1 atom stereocenters. The van der Waals surface area contributed by atoms with Crippen LogP contribution in [0.4, 0.5) is 5.69 Å². The minimum absolute atomic E-state index is 0.0299. The Kier molecular flexibility index (Phi) is 6.31. The van der Waals surface area contributed by atoms with Crippen molar-refractivity contribution in [3.8, 4) is 22.2 Å². The minimum atomic E-state index is -0.697. The van der Waals surface area contributed by atoms with E-state index in [9.17, 15) is 14.9 Å². The third-order valence-electron chi connectivity index (χ3n) is 5.15. The van der Waals surface area contributed by atoms with Gasteiger partial charge >= 0.3 is 0 Å². The van der Waals surface area contributed by atoms with E-state index in [1.807, 2.05) is 0 Å². The number of carbonyl (C=O) groups excluding carboxylic acids is 1. The van der Waals surface area contributed by atoms with Crippen molar-refractivity contribution in [2.75, 3.05) is 14.2 Å². The van der Waals surface area contributed by atoms with Crippen LogP contribution >= 0.6 is 22.9 Å². The summed E-state index contributed by atoms with van der Waals surface area (Å²) < 4.78 is 18.5. The number of aromatic nitrogens is 2. The number of imidazole rings is 1. The number of nitro benzene ring substituents is 1. The van der Waals surface area contributed by atoms with Crippen LogP contribution in [0.25, 0.3) is 16.0 Å². The lowest BCUT2D eigenvalue weighted by Gasteiger charge is -2.16. The fourth-order valence-corrected chi connectivity index (χ4v) is 4.77. The van der Waals surface area contributed by atoms with Gasteiger partial charge in [0.25, 0.3) is 11.6 Å². The van der Waals surface area contributed by atoms with Crippen molar-refractivity contribution in [3.05, 3.63) is 68.3 Å². The molecule has 0 saturated carbocycles. The number of amides is 1. The van der Waals surface area contributed by atoms with E-state index in [2.05, 4.69) is 4.98 Å². The van der Waals surface area contributed by atoms with Gasteiger partial charge < -0.3 is 19.9 Å². The van der Waals surface area contributed by atoms with Crippen LogP contribution in [0.15, 0.2) is 42.7 Å². The Bertz CT molecular complexity index is 1420. The predicted molar refractivity (Wildman–Crippen MR) is 128 cm³/mol. The number of hydrogen-bond donors (Lipinski definition) is 1. The van der Waals surface area contributed by atoms with E-state index in [1.54, 1.807) is 42.1 Å². The Balaban J connectivity index is 1.75. The van der Waals surface area contributed by atoms with Gasteiger partial charge in [0.05, 0.1) is 30.2 Å². The number of methoxy groups -OCH3 is 2. The largest absolute Gasteiger partial charge is 0.493 e. The molecule has 4 aromatic rings. The molecule has 2 aromatic carbocycles. The highest BCUT2D eigenvalue weighted by Gasteiger charge is 2.24. The first-order valence-corrected chi connectivity index (χ1v) is 11.1. The zero-order chi connectivity index (χ0) is 24.6. The molecule has 0 aliphatic heterocycles. The van der Waals surface area contributed by atoms with E-state index in [4.69, 9.17) is 31.5 Å². The Labute approximate surface area is 202 Å². The Morgan fingerprint density at radius 2 is 1.91 bits per heavy atom. The molecule has 34 heavy (non-hydrogen) atoms. The number of nitrogens with zero attached hydrogens (tertiary/aromatic N) is 3. The summed E-state index contributed by atoms with van der Waals surface area (Å²) in [7, 11) is 3.07. The van der Waals surface area contributed by atoms with Crippen molar-refractivity contribution >= 4 is 45.6 Å². The van der Waals surface area contributed by atoms with Crippen LogP contribution in [0.1, 0.15) is 28.3 Å². The predicted octanol–water partition coefficient (Wildman–Crippen LogP) is 4.90. The number of benzene rings is 2. The number of hydrogen-bond acceptors (Lipinski definition) is 8. The van der Waals surface area contributed by atoms with Crippen molar-refractivity contribution in [1.82, 2.24) is 9.55 Å². The smallest absolute Gasteiger partial charge is 0.288 e. The first-order valence-electron chi connectivity index (χ1n) is 9.87. The van der Waals surface area contributed by atoms with Crippen molar-refractivity contribution in [3.63, 3.8) is 0 Å². The highest BCUT2D eigenvalue weighted by Crippen LogP contribution is 2.39. The second kappa shape index (κ2) is 9.20. The number of rotatable bonds is 8. The van der Waals surface area contributed by atoms with E-state index in [-0.39, 0.29) is 21.3 Å². The number of ether oxygens (including phenoxy) is 3. The zero-order valence-electron chi connectivity index (χ0n) is 18.3. The lowest BCUT2D eigenvalue weighted by molar-refractivity contribution is -0.384. The molecule has 12 heteroatoms. The maximum Gasteiger partial charge on any atom is 0.288 e. The molecule has 0 bridgehead atoms. The Hall–Kier alpha value is -3.83. The molecule has 0 saturated heterocycles. The first-order chi connectivity index (χ1) is 16.2. The van der Waals surface area contributed by atoms with Crippen LogP contribution < -0.4 is 19.9 Å². The topological polar surface area (TPSA) is 132 Å². The fourth-order valence-electron chi connectivity index (χ4n) is 3.50. The van der Waals surface area contributed by atoms with Gasteiger partial charge in [-0.15, -0.1) is 11.3 Å². The number of nitro groups is 1. The van der Waals surface area contributed by atoms with Gasteiger partial charge in [0, 0.05) is 29.8 Å². The molecule has 0 radical (unpaired) electrons. The van der Waals surface area contributed by atoms with E-state index in [1.165, 1.54) is 26.4 Å². The number of primary amides is 1. The number of carbonyl (C=O) groups is 1. The van der Waals surface area contributed by atoms with Gasteiger partial charge in [-0.25, -0.2) is 4.98 Å². The SMILES string of the molecule is COc1cc2ncn(-c3cc(O[C@H](C)c4cccc([N+](=O)[O-])c4Cl)c(C(N)=O)s3)c2cc1OC. The second-order valence-electron chi connectivity index (χ2n) is 7.15. The molecule has 2 aromatic heterocycles. The molecule has 10 nitrogen and oxygen atoms in total. The maximum absolute atomic E-state index is 12.2. The van der Waals surface area contributed by atoms with Gasteiger partial charge in [0.2, 0.25) is 0 Å².